The van der Waals surface area contributed by atoms with Crippen LogP contribution in [0.4, 0.5) is 5.82 Å². The number of ether oxygens (including phenoxy) is 1. The fourth-order valence-corrected chi connectivity index (χ4v) is 3.67. The first kappa shape index (κ1) is 21.5. The Morgan fingerprint density at radius 2 is 1.97 bits per heavy atom. The molecular formula is C21H33N5O3. The van der Waals surface area contributed by atoms with Gasteiger partial charge in [0, 0.05) is 45.0 Å². The van der Waals surface area contributed by atoms with Crippen LogP contribution in [0.5, 0.6) is 0 Å². The van der Waals surface area contributed by atoms with Crippen molar-refractivity contribution >= 4 is 17.6 Å². The lowest BCUT2D eigenvalue weighted by atomic mass is 10.1. The number of hydrogen-bond donors (Lipinski definition) is 1. The summed E-state index contributed by atoms with van der Waals surface area (Å²) in [4.78, 5) is 35.6. The summed E-state index contributed by atoms with van der Waals surface area (Å²) in [5, 5.41) is 3.29. The number of carbonyl (C=O) groups is 2. The number of morpholine rings is 1. The third-order valence-corrected chi connectivity index (χ3v) is 5.37. The number of carbonyl (C=O) groups excluding carboxylic acids is 2. The number of likely N-dealkylation sites (N-methyl/N-ethyl adjacent to an activating group) is 1. The number of nitrogens with zero attached hydrogens (tertiary/aromatic N) is 4. The van der Waals surface area contributed by atoms with E-state index in [1.54, 1.807) is 11.1 Å². The second kappa shape index (κ2) is 9.09. The van der Waals surface area contributed by atoms with Gasteiger partial charge in [-0.25, -0.2) is 4.98 Å². The van der Waals surface area contributed by atoms with E-state index in [4.69, 9.17) is 4.74 Å². The quantitative estimate of drug-likeness (QED) is 0.799. The zero-order valence-corrected chi connectivity index (χ0v) is 18.0. The van der Waals surface area contributed by atoms with Crippen molar-refractivity contribution in [1.29, 1.82) is 0 Å². The van der Waals surface area contributed by atoms with Gasteiger partial charge >= 0.3 is 0 Å². The third-order valence-electron chi connectivity index (χ3n) is 5.37. The highest BCUT2D eigenvalue weighted by atomic mass is 16.5. The molecule has 0 bridgehead atoms. The summed E-state index contributed by atoms with van der Waals surface area (Å²) in [6.45, 7) is 10.8. The minimum atomic E-state index is -0.0843. The SMILES string of the molecule is CN(C(=O)CN1CCOCC1)[C@H]1CCN(C(=O)c2ccc(NC(C)(C)C)nc2)C1. The Balaban J connectivity index is 1.52. The highest BCUT2D eigenvalue weighted by Crippen LogP contribution is 2.19. The molecule has 8 heteroatoms. The van der Waals surface area contributed by atoms with Gasteiger partial charge in [0.25, 0.3) is 5.91 Å². The molecule has 1 aromatic rings. The van der Waals surface area contributed by atoms with Crippen LogP contribution >= 0.6 is 0 Å². The molecule has 2 fully saturated rings. The van der Waals surface area contributed by atoms with Crippen LogP contribution < -0.4 is 5.32 Å². The monoisotopic (exact) mass is 403 g/mol. The van der Waals surface area contributed by atoms with Crippen LogP contribution in [-0.4, -0.2) is 96.1 Å². The maximum absolute atomic E-state index is 12.8. The fraction of sp³-hybridized carbons (Fsp3) is 0.667. The molecule has 0 aromatic carbocycles. The van der Waals surface area contributed by atoms with E-state index in [2.05, 4.69) is 36.0 Å². The van der Waals surface area contributed by atoms with Crippen molar-refractivity contribution in [3.05, 3.63) is 23.9 Å². The van der Waals surface area contributed by atoms with E-state index in [0.717, 1.165) is 25.3 Å². The average molecular weight is 404 g/mol. The zero-order chi connectivity index (χ0) is 21.0. The standard InChI is InChI=1S/C21H33N5O3/c1-21(2,3)23-18-6-5-16(13-22-18)20(28)26-8-7-17(14-26)24(4)19(27)15-25-9-11-29-12-10-25/h5-6,13,17H,7-12,14-15H2,1-4H3,(H,22,23)/t17-/m0/s1. The highest BCUT2D eigenvalue weighted by molar-refractivity contribution is 5.94. The zero-order valence-electron chi connectivity index (χ0n) is 18.0. The highest BCUT2D eigenvalue weighted by Gasteiger charge is 2.32. The van der Waals surface area contributed by atoms with Crippen LogP contribution in [-0.2, 0) is 9.53 Å². The molecule has 160 valence electrons. The molecule has 3 rings (SSSR count). The van der Waals surface area contributed by atoms with Crippen LogP contribution in [0.3, 0.4) is 0 Å². The summed E-state index contributed by atoms with van der Waals surface area (Å²) in [6, 6.07) is 3.70. The van der Waals surface area contributed by atoms with Gasteiger partial charge < -0.3 is 19.9 Å². The molecule has 0 radical (unpaired) electrons. The Bertz CT molecular complexity index is 710. The van der Waals surface area contributed by atoms with Crippen LogP contribution in [0, 0.1) is 0 Å². The maximum Gasteiger partial charge on any atom is 0.255 e. The number of amides is 2. The Morgan fingerprint density at radius 3 is 2.59 bits per heavy atom. The Kier molecular flexibility index (Phi) is 6.74. The number of likely N-dealkylation sites (tertiary alicyclic amines) is 1. The summed E-state index contributed by atoms with van der Waals surface area (Å²) < 4.78 is 5.34. The van der Waals surface area contributed by atoms with Crippen LogP contribution in [0.25, 0.3) is 0 Å². The maximum atomic E-state index is 12.8. The van der Waals surface area contributed by atoms with Crippen molar-refractivity contribution in [2.24, 2.45) is 0 Å². The van der Waals surface area contributed by atoms with Crippen LogP contribution in [0.2, 0.25) is 0 Å². The van der Waals surface area contributed by atoms with Gasteiger partial charge in [-0.1, -0.05) is 0 Å². The summed E-state index contributed by atoms with van der Waals surface area (Å²) >= 11 is 0. The molecule has 2 amide bonds. The van der Waals surface area contributed by atoms with Crippen molar-refractivity contribution < 1.29 is 14.3 Å². The van der Waals surface area contributed by atoms with Gasteiger partial charge in [0.2, 0.25) is 5.91 Å². The Hall–Kier alpha value is -2.19. The minimum Gasteiger partial charge on any atom is -0.379 e. The largest absolute Gasteiger partial charge is 0.379 e. The average Bonchev–Trinajstić information content (AvgIpc) is 3.17. The molecular weight excluding hydrogens is 370 g/mol. The summed E-state index contributed by atoms with van der Waals surface area (Å²) in [7, 11) is 1.84. The molecule has 3 heterocycles. The van der Waals surface area contributed by atoms with Gasteiger partial charge in [0.05, 0.1) is 31.4 Å². The van der Waals surface area contributed by atoms with Crippen LogP contribution in [0.1, 0.15) is 37.6 Å². The topological polar surface area (TPSA) is 78.0 Å². The third kappa shape index (κ3) is 5.90. The predicted octanol–water partition coefficient (Wildman–Crippen LogP) is 1.30. The first-order valence-corrected chi connectivity index (χ1v) is 10.3. The van der Waals surface area contributed by atoms with Gasteiger partial charge in [-0.05, 0) is 39.3 Å². The van der Waals surface area contributed by atoms with Gasteiger partial charge in [0.15, 0.2) is 0 Å². The van der Waals surface area contributed by atoms with Crippen molar-refractivity contribution in [2.45, 2.75) is 38.8 Å². The van der Waals surface area contributed by atoms with Gasteiger partial charge in [-0.15, -0.1) is 0 Å². The molecule has 2 aliphatic rings. The minimum absolute atomic E-state index is 0.0312. The van der Waals surface area contributed by atoms with Gasteiger partial charge in [0.1, 0.15) is 5.82 Å². The van der Waals surface area contributed by atoms with Gasteiger partial charge in [-0.3, -0.25) is 14.5 Å². The molecule has 1 aromatic heterocycles. The molecule has 2 aliphatic heterocycles. The number of aromatic nitrogens is 1. The molecule has 1 N–H and O–H groups in total. The molecule has 0 unspecified atom stereocenters. The second-order valence-corrected chi connectivity index (χ2v) is 8.89. The second-order valence-electron chi connectivity index (χ2n) is 8.89. The molecule has 0 aliphatic carbocycles. The van der Waals surface area contributed by atoms with Crippen molar-refractivity contribution in [3.8, 4) is 0 Å². The lowest BCUT2D eigenvalue weighted by Gasteiger charge is -2.30. The molecule has 8 nitrogen and oxygen atoms in total. The van der Waals surface area contributed by atoms with Crippen molar-refractivity contribution in [3.63, 3.8) is 0 Å². The lowest BCUT2D eigenvalue weighted by Crippen LogP contribution is -2.47. The van der Waals surface area contributed by atoms with Crippen molar-refractivity contribution in [1.82, 2.24) is 19.7 Å². The molecule has 2 saturated heterocycles. The van der Waals surface area contributed by atoms with E-state index >= 15 is 0 Å². The molecule has 29 heavy (non-hydrogen) atoms. The summed E-state index contributed by atoms with van der Waals surface area (Å²) in [6.07, 6.45) is 2.42. The number of hydrogen-bond acceptors (Lipinski definition) is 6. The Labute approximate surface area is 173 Å². The first-order valence-electron chi connectivity index (χ1n) is 10.3. The molecule has 1 atom stereocenters. The fourth-order valence-electron chi connectivity index (χ4n) is 3.67. The van der Waals surface area contributed by atoms with Gasteiger partial charge in [-0.2, -0.15) is 0 Å². The summed E-state index contributed by atoms with van der Waals surface area (Å²) in [5.41, 5.74) is 0.492. The van der Waals surface area contributed by atoms with E-state index in [-0.39, 0.29) is 23.4 Å². The number of rotatable bonds is 5. The van der Waals surface area contributed by atoms with E-state index in [1.807, 2.05) is 24.1 Å². The molecule has 0 saturated carbocycles. The number of anilines is 1. The van der Waals surface area contributed by atoms with E-state index in [0.29, 0.717) is 38.4 Å². The van der Waals surface area contributed by atoms with E-state index < -0.39 is 0 Å². The summed E-state index contributed by atoms with van der Waals surface area (Å²) in [5.74, 6) is 0.823. The lowest BCUT2D eigenvalue weighted by molar-refractivity contribution is -0.134. The number of pyridine rings is 1. The predicted molar refractivity (Wildman–Crippen MR) is 112 cm³/mol. The molecule has 0 spiro atoms. The first-order chi connectivity index (χ1) is 13.7. The van der Waals surface area contributed by atoms with Crippen LogP contribution in [0.15, 0.2) is 18.3 Å². The normalized spacial score (nSPS) is 20.6. The van der Waals surface area contributed by atoms with Crippen molar-refractivity contribution in [2.75, 3.05) is 58.3 Å². The Morgan fingerprint density at radius 1 is 1.24 bits per heavy atom. The number of nitrogens with one attached hydrogen (secondary N) is 1. The van der Waals surface area contributed by atoms with E-state index in [9.17, 15) is 9.59 Å². The smallest absolute Gasteiger partial charge is 0.255 e. The van der Waals surface area contributed by atoms with E-state index in [1.165, 1.54) is 0 Å².